The number of nitriles is 2. The molecule has 3 heteroatoms. The van der Waals surface area contributed by atoms with Gasteiger partial charge in [-0.15, -0.1) is 0 Å². The third kappa shape index (κ3) is 2.75. The fourth-order valence-electron chi connectivity index (χ4n) is 0.144. The fraction of sp³-hybridized carbons (Fsp3) is 0.500. The van der Waals surface area contributed by atoms with Crippen molar-refractivity contribution in [2.45, 2.75) is 12.5 Å². The van der Waals surface area contributed by atoms with Crippen LogP contribution in [0.3, 0.4) is 0 Å². The molecular weight excluding hydrogens is 90.1 g/mol. The molecule has 7 heavy (non-hydrogen) atoms. The molecule has 0 aromatic carbocycles. The summed E-state index contributed by atoms with van der Waals surface area (Å²) in [4.78, 5) is 0. The van der Waals surface area contributed by atoms with Crippen LogP contribution in [0.5, 0.6) is 0 Å². The number of nitrogens with zero attached hydrogens (tertiary/aromatic N) is 2. The summed E-state index contributed by atoms with van der Waals surface area (Å²) in [5.74, 6) is 0. The standard InChI is InChI=1S/C4H5N3/c5-2-1-4(7)3-6/h4H,1,7H2. The van der Waals surface area contributed by atoms with Gasteiger partial charge in [-0.3, -0.25) is 0 Å². The Bertz CT molecular complexity index is 116. The van der Waals surface area contributed by atoms with Crippen molar-refractivity contribution in [1.82, 2.24) is 0 Å². The molecule has 0 radical (unpaired) electrons. The first kappa shape index (κ1) is 5.94. The SMILES string of the molecule is N#CCC(N)C#N. The van der Waals surface area contributed by atoms with Crippen molar-refractivity contribution in [3.63, 3.8) is 0 Å². The minimum Gasteiger partial charge on any atom is -0.315 e. The minimum absolute atomic E-state index is 0.122. The van der Waals surface area contributed by atoms with E-state index in [9.17, 15) is 0 Å². The van der Waals surface area contributed by atoms with Crippen molar-refractivity contribution in [1.29, 1.82) is 10.5 Å². The molecule has 2 N–H and O–H groups in total. The second kappa shape index (κ2) is 3.14. The van der Waals surface area contributed by atoms with E-state index in [4.69, 9.17) is 16.3 Å². The highest BCUT2D eigenvalue weighted by Crippen LogP contribution is 1.78. The summed E-state index contributed by atoms with van der Waals surface area (Å²) in [7, 11) is 0. The fourth-order valence-corrected chi connectivity index (χ4v) is 0.144. The summed E-state index contributed by atoms with van der Waals surface area (Å²) in [6.07, 6.45) is 0.122. The van der Waals surface area contributed by atoms with Crippen LogP contribution in [0.2, 0.25) is 0 Å². The Morgan fingerprint density at radius 2 is 2.14 bits per heavy atom. The molecule has 0 rings (SSSR count). The highest BCUT2D eigenvalue weighted by atomic mass is 14.6. The van der Waals surface area contributed by atoms with E-state index in [1.807, 2.05) is 0 Å². The van der Waals surface area contributed by atoms with Crippen LogP contribution in [0.1, 0.15) is 6.42 Å². The second-order valence-corrected chi connectivity index (χ2v) is 1.10. The van der Waals surface area contributed by atoms with Crippen molar-refractivity contribution in [2.75, 3.05) is 0 Å². The highest BCUT2D eigenvalue weighted by Gasteiger charge is 1.93. The van der Waals surface area contributed by atoms with Crippen LogP contribution >= 0.6 is 0 Å². The van der Waals surface area contributed by atoms with Gasteiger partial charge in [0.25, 0.3) is 0 Å². The van der Waals surface area contributed by atoms with E-state index in [2.05, 4.69) is 0 Å². The maximum atomic E-state index is 7.94. The molecule has 1 atom stereocenters. The third-order valence-corrected chi connectivity index (χ3v) is 0.477. The molecule has 0 heterocycles. The highest BCUT2D eigenvalue weighted by molar-refractivity contribution is 4.93. The maximum absolute atomic E-state index is 7.94. The van der Waals surface area contributed by atoms with E-state index in [1.54, 1.807) is 12.1 Å². The third-order valence-electron chi connectivity index (χ3n) is 0.477. The Kier molecular flexibility index (Phi) is 2.67. The normalized spacial score (nSPS) is 11.3. The largest absolute Gasteiger partial charge is 0.315 e. The quantitative estimate of drug-likeness (QED) is 0.488. The lowest BCUT2D eigenvalue weighted by Gasteiger charge is -1.86. The van der Waals surface area contributed by atoms with Gasteiger partial charge in [-0.2, -0.15) is 10.5 Å². The molecule has 0 aliphatic heterocycles. The first-order valence-electron chi connectivity index (χ1n) is 1.83. The van der Waals surface area contributed by atoms with E-state index in [0.29, 0.717) is 0 Å². The zero-order valence-electron chi connectivity index (χ0n) is 3.76. The van der Waals surface area contributed by atoms with Crippen LogP contribution in [0.25, 0.3) is 0 Å². The topological polar surface area (TPSA) is 73.6 Å². The Morgan fingerprint density at radius 1 is 1.57 bits per heavy atom. The smallest absolute Gasteiger partial charge is 0.106 e. The van der Waals surface area contributed by atoms with Gasteiger partial charge >= 0.3 is 0 Å². The molecule has 0 spiro atoms. The molecule has 0 bridgehead atoms. The van der Waals surface area contributed by atoms with E-state index < -0.39 is 6.04 Å². The first-order chi connectivity index (χ1) is 3.31. The van der Waals surface area contributed by atoms with Crippen LogP contribution in [0.15, 0.2) is 0 Å². The van der Waals surface area contributed by atoms with Crippen LogP contribution in [0.4, 0.5) is 0 Å². The summed E-state index contributed by atoms with van der Waals surface area (Å²) in [6, 6.07) is 2.89. The number of hydrogen-bond donors (Lipinski definition) is 1. The van der Waals surface area contributed by atoms with E-state index >= 15 is 0 Å². The van der Waals surface area contributed by atoms with E-state index in [1.165, 1.54) is 0 Å². The maximum Gasteiger partial charge on any atom is 0.106 e. The summed E-state index contributed by atoms with van der Waals surface area (Å²) >= 11 is 0. The number of hydrogen-bond acceptors (Lipinski definition) is 3. The van der Waals surface area contributed by atoms with Gasteiger partial charge in [-0.1, -0.05) is 0 Å². The molecule has 0 aromatic rings. The molecule has 3 nitrogen and oxygen atoms in total. The molecule has 0 aromatic heterocycles. The molecule has 0 aliphatic rings. The molecule has 1 unspecified atom stereocenters. The van der Waals surface area contributed by atoms with Gasteiger partial charge in [0.15, 0.2) is 0 Å². The van der Waals surface area contributed by atoms with Gasteiger partial charge in [0, 0.05) is 0 Å². The number of nitrogens with two attached hydrogens (primary N) is 1. The van der Waals surface area contributed by atoms with Gasteiger partial charge in [0.2, 0.25) is 0 Å². The average molecular weight is 95.1 g/mol. The molecule has 0 saturated carbocycles. The van der Waals surface area contributed by atoms with Crippen molar-refractivity contribution >= 4 is 0 Å². The lowest BCUT2D eigenvalue weighted by atomic mass is 10.3. The lowest BCUT2D eigenvalue weighted by molar-refractivity contribution is 0.856. The predicted molar refractivity (Wildman–Crippen MR) is 23.8 cm³/mol. The molecular formula is C4H5N3. The van der Waals surface area contributed by atoms with Crippen LogP contribution < -0.4 is 5.73 Å². The van der Waals surface area contributed by atoms with Gasteiger partial charge < -0.3 is 5.73 Å². The van der Waals surface area contributed by atoms with Gasteiger partial charge in [-0.25, -0.2) is 0 Å². The molecule has 36 valence electrons. The monoisotopic (exact) mass is 95.0 g/mol. The summed E-state index contributed by atoms with van der Waals surface area (Å²) < 4.78 is 0. The second-order valence-electron chi connectivity index (χ2n) is 1.10. The Balaban J connectivity index is 3.27. The van der Waals surface area contributed by atoms with Crippen molar-refractivity contribution < 1.29 is 0 Å². The first-order valence-corrected chi connectivity index (χ1v) is 1.83. The zero-order valence-corrected chi connectivity index (χ0v) is 3.76. The number of rotatable bonds is 1. The van der Waals surface area contributed by atoms with Gasteiger partial charge in [-0.05, 0) is 0 Å². The van der Waals surface area contributed by atoms with Crippen LogP contribution in [-0.2, 0) is 0 Å². The molecule has 0 amide bonds. The molecule has 0 saturated heterocycles. The predicted octanol–water partition coefficient (Wildman–Crippen LogP) is -0.249. The van der Waals surface area contributed by atoms with Crippen LogP contribution in [-0.4, -0.2) is 6.04 Å². The summed E-state index contributed by atoms with van der Waals surface area (Å²) in [6.45, 7) is 0. The van der Waals surface area contributed by atoms with Gasteiger partial charge in [0.05, 0.1) is 18.6 Å². The minimum atomic E-state index is -0.606. The van der Waals surface area contributed by atoms with Crippen LogP contribution in [0, 0.1) is 22.7 Å². The van der Waals surface area contributed by atoms with Gasteiger partial charge in [0.1, 0.15) is 6.04 Å². The lowest BCUT2D eigenvalue weighted by Crippen LogP contribution is -2.15. The summed E-state index contributed by atoms with van der Waals surface area (Å²) in [5, 5.41) is 15.8. The molecule has 0 fully saturated rings. The Morgan fingerprint density at radius 3 is 2.29 bits per heavy atom. The summed E-state index contributed by atoms with van der Waals surface area (Å²) in [5.41, 5.74) is 5.00. The van der Waals surface area contributed by atoms with E-state index in [-0.39, 0.29) is 6.42 Å². The van der Waals surface area contributed by atoms with Crippen molar-refractivity contribution in [3.05, 3.63) is 0 Å². The Hall–Kier alpha value is -1.06. The Labute approximate surface area is 42.0 Å². The van der Waals surface area contributed by atoms with Crippen molar-refractivity contribution in [2.24, 2.45) is 5.73 Å². The molecule has 0 aliphatic carbocycles. The zero-order chi connectivity index (χ0) is 5.70. The average Bonchev–Trinajstić information content (AvgIpc) is 1.68. The van der Waals surface area contributed by atoms with E-state index in [0.717, 1.165) is 0 Å². The van der Waals surface area contributed by atoms with Crippen molar-refractivity contribution in [3.8, 4) is 12.1 Å².